The summed E-state index contributed by atoms with van der Waals surface area (Å²) in [4.78, 5) is 0. The van der Waals surface area contributed by atoms with Crippen molar-refractivity contribution >= 4 is 15.9 Å². The predicted molar refractivity (Wildman–Crippen MR) is 89.6 cm³/mol. The van der Waals surface area contributed by atoms with Gasteiger partial charge in [0, 0.05) is 41.6 Å². The number of hydrogen-bond acceptors (Lipinski definition) is 2. The van der Waals surface area contributed by atoms with E-state index in [4.69, 9.17) is 5.10 Å². The number of nitrogens with zero attached hydrogens (tertiary/aromatic N) is 2. The molecule has 4 heteroatoms. The van der Waals surface area contributed by atoms with Crippen LogP contribution in [0.1, 0.15) is 37.6 Å². The Morgan fingerprint density at radius 3 is 2.81 bits per heavy atom. The first kappa shape index (κ1) is 14.8. The summed E-state index contributed by atoms with van der Waals surface area (Å²) in [6.45, 7) is 6.47. The van der Waals surface area contributed by atoms with Crippen LogP contribution in [0.2, 0.25) is 0 Å². The van der Waals surface area contributed by atoms with E-state index < -0.39 is 0 Å². The molecule has 1 unspecified atom stereocenters. The zero-order valence-corrected chi connectivity index (χ0v) is 14.2. The number of rotatable bonds is 5. The lowest BCUT2D eigenvalue weighted by molar-refractivity contribution is 0.271. The minimum absolute atomic E-state index is 0.193. The highest BCUT2D eigenvalue weighted by Crippen LogP contribution is 2.33. The van der Waals surface area contributed by atoms with Gasteiger partial charge < -0.3 is 5.32 Å². The minimum Gasteiger partial charge on any atom is -0.315 e. The van der Waals surface area contributed by atoms with E-state index >= 15 is 0 Å². The SMILES string of the molecule is CCC(C)n1ccc(CC2(c3cccc(Br)c3)CNC2)n1. The highest BCUT2D eigenvalue weighted by Gasteiger charge is 2.39. The third-order valence-corrected chi connectivity index (χ3v) is 5.08. The molecule has 1 aromatic carbocycles. The van der Waals surface area contributed by atoms with Crippen LogP contribution < -0.4 is 5.32 Å². The summed E-state index contributed by atoms with van der Waals surface area (Å²) in [6.07, 6.45) is 4.23. The third kappa shape index (κ3) is 2.92. The maximum atomic E-state index is 4.77. The molecule has 0 radical (unpaired) electrons. The maximum Gasteiger partial charge on any atom is 0.0634 e. The van der Waals surface area contributed by atoms with E-state index in [0.717, 1.165) is 30.4 Å². The van der Waals surface area contributed by atoms with E-state index in [2.05, 4.69) is 76.3 Å². The van der Waals surface area contributed by atoms with Crippen molar-refractivity contribution < 1.29 is 0 Å². The first-order valence-electron chi connectivity index (χ1n) is 7.64. The molecule has 112 valence electrons. The largest absolute Gasteiger partial charge is 0.315 e. The molecule has 0 amide bonds. The molecule has 0 spiro atoms. The van der Waals surface area contributed by atoms with Crippen molar-refractivity contribution in [3.05, 3.63) is 52.3 Å². The van der Waals surface area contributed by atoms with Gasteiger partial charge in [0.1, 0.15) is 0 Å². The molecule has 1 aromatic heterocycles. The molecule has 3 nitrogen and oxygen atoms in total. The van der Waals surface area contributed by atoms with Crippen molar-refractivity contribution in [1.82, 2.24) is 15.1 Å². The fourth-order valence-electron chi connectivity index (χ4n) is 2.93. The average Bonchev–Trinajstić information content (AvgIpc) is 2.90. The summed E-state index contributed by atoms with van der Waals surface area (Å²) in [6, 6.07) is 11.3. The Kier molecular flexibility index (Phi) is 4.18. The topological polar surface area (TPSA) is 29.9 Å². The molecule has 0 saturated carbocycles. The summed E-state index contributed by atoms with van der Waals surface area (Å²) in [7, 11) is 0. The van der Waals surface area contributed by atoms with E-state index in [1.807, 2.05) is 0 Å². The summed E-state index contributed by atoms with van der Waals surface area (Å²) in [5, 5.41) is 8.20. The molecule has 1 N–H and O–H groups in total. The average molecular weight is 348 g/mol. The fourth-order valence-corrected chi connectivity index (χ4v) is 3.33. The Morgan fingerprint density at radius 1 is 1.38 bits per heavy atom. The van der Waals surface area contributed by atoms with Gasteiger partial charge in [-0.05, 0) is 37.1 Å². The molecular weight excluding hydrogens is 326 g/mol. The quantitative estimate of drug-likeness (QED) is 0.893. The predicted octanol–water partition coefficient (Wildman–Crippen LogP) is 3.70. The van der Waals surface area contributed by atoms with E-state index in [0.29, 0.717) is 6.04 Å². The van der Waals surface area contributed by atoms with Crippen LogP contribution in [0.15, 0.2) is 41.0 Å². The van der Waals surface area contributed by atoms with Gasteiger partial charge in [-0.3, -0.25) is 4.68 Å². The molecule has 3 rings (SSSR count). The van der Waals surface area contributed by atoms with Gasteiger partial charge in [0.2, 0.25) is 0 Å². The van der Waals surface area contributed by atoms with Crippen LogP contribution >= 0.6 is 15.9 Å². The third-order valence-electron chi connectivity index (χ3n) is 4.59. The Morgan fingerprint density at radius 2 is 2.19 bits per heavy atom. The second-order valence-corrected chi connectivity index (χ2v) is 7.03. The molecule has 1 fully saturated rings. The van der Waals surface area contributed by atoms with E-state index in [9.17, 15) is 0 Å². The van der Waals surface area contributed by atoms with E-state index in [-0.39, 0.29) is 5.41 Å². The molecule has 0 aliphatic carbocycles. The zero-order chi connectivity index (χ0) is 14.9. The van der Waals surface area contributed by atoms with Crippen molar-refractivity contribution in [3.63, 3.8) is 0 Å². The van der Waals surface area contributed by atoms with Gasteiger partial charge in [-0.15, -0.1) is 0 Å². The molecule has 2 aromatic rings. The van der Waals surface area contributed by atoms with Crippen LogP contribution in [-0.2, 0) is 11.8 Å². The van der Waals surface area contributed by atoms with Crippen LogP contribution in [0.25, 0.3) is 0 Å². The molecular formula is C17H22BrN3. The summed E-state index contributed by atoms with van der Waals surface area (Å²) < 4.78 is 3.24. The molecule has 21 heavy (non-hydrogen) atoms. The van der Waals surface area contributed by atoms with Gasteiger partial charge in [0.25, 0.3) is 0 Å². The van der Waals surface area contributed by atoms with Crippen molar-refractivity contribution in [2.75, 3.05) is 13.1 Å². The number of benzene rings is 1. The smallest absolute Gasteiger partial charge is 0.0634 e. The van der Waals surface area contributed by atoms with Gasteiger partial charge in [-0.2, -0.15) is 5.10 Å². The van der Waals surface area contributed by atoms with Crippen LogP contribution in [0.4, 0.5) is 0 Å². The lowest BCUT2D eigenvalue weighted by Gasteiger charge is -2.43. The first-order valence-corrected chi connectivity index (χ1v) is 8.43. The highest BCUT2D eigenvalue weighted by atomic mass is 79.9. The fraction of sp³-hybridized carbons (Fsp3) is 0.471. The lowest BCUT2D eigenvalue weighted by atomic mass is 9.72. The van der Waals surface area contributed by atoms with Crippen molar-refractivity contribution in [1.29, 1.82) is 0 Å². The molecule has 1 aliphatic heterocycles. The first-order chi connectivity index (χ1) is 10.1. The number of hydrogen-bond donors (Lipinski definition) is 1. The second kappa shape index (κ2) is 5.93. The zero-order valence-electron chi connectivity index (χ0n) is 12.6. The van der Waals surface area contributed by atoms with Gasteiger partial charge in [-0.25, -0.2) is 0 Å². The minimum atomic E-state index is 0.193. The van der Waals surface area contributed by atoms with Gasteiger partial charge in [0.15, 0.2) is 0 Å². The van der Waals surface area contributed by atoms with Crippen molar-refractivity contribution in [3.8, 4) is 0 Å². The van der Waals surface area contributed by atoms with Gasteiger partial charge in [0.05, 0.1) is 5.69 Å². The second-order valence-electron chi connectivity index (χ2n) is 6.12. The van der Waals surface area contributed by atoms with Crippen LogP contribution in [0, 0.1) is 0 Å². The van der Waals surface area contributed by atoms with Crippen LogP contribution in [-0.4, -0.2) is 22.9 Å². The van der Waals surface area contributed by atoms with Gasteiger partial charge in [-0.1, -0.05) is 35.0 Å². The van der Waals surface area contributed by atoms with Crippen LogP contribution in [0.3, 0.4) is 0 Å². The van der Waals surface area contributed by atoms with Crippen molar-refractivity contribution in [2.45, 2.75) is 38.1 Å². The Balaban J connectivity index is 1.83. The van der Waals surface area contributed by atoms with Crippen molar-refractivity contribution in [2.24, 2.45) is 0 Å². The normalized spacial score (nSPS) is 18.2. The molecule has 2 heterocycles. The monoisotopic (exact) mass is 347 g/mol. The number of nitrogens with one attached hydrogen (secondary N) is 1. The summed E-state index contributed by atoms with van der Waals surface area (Å²) in [5.74, 6) is 0. The molecule has 1 aliphatic rings. The Hall–Kier alpha value is -1.13. The molecule has 0 bridgehead atoms. The van der Waals surface area contributed by atoms with E-state index in [1.54, 1.807) is 0 Å². The standard InChI is InChI=1S/C17H22BrN3/c1-3-13(2)21-8-7-16(20-21)10-17(11-19-12-17)14-5-4-6-15(18)9-14/h4-9,13,19H,3,10-12H2,1-2H3. The van der Waals surface area contributed by atoms with Crippen LogP contribution in [0.5, 0.6) is 0 Å². The van der Waals surface area contributed by atoms with Gasteiger partial charge >= 0.3 is 0 Å². The Labute approximate surface area is 134 Å². The lowest BCUT2D eigenvalue weighted by Crippen LogP contribution is -2.58. The molecule has 1 atom stereocenters. The Bertz CT molecular complexity index is 616. The maximum absolute atomic E-state index is 4.77. The van der Waals surface area contributed by atoms with E-state index in [1.165, 1.54) is 11.3 Å². The number of aromatic nitrogens is 2. The summed E-state index contributed by atoms with van der Waals surface area (Å²) in [5.41, 5.74) is 2.78. The highest BCUT2D eigenvalue weighted by molar-refractivity contribution is 9.10. The molecule has 1 saturated heterocycles. The number of halogens is 1. The summed E-state index contributed by atoms with van der Waals surface area (Å²) >= 11 is 3.59.